The Bertz CT molecular complexity index is 1170. The summed E-state index contributed by atoms with van der Waals surface area (Å²) in [6.45, 7) is 10.1. The summed E-state index contributed by atoms with van der Waals surface area (Å²) < 4.78 is 6.51. The van der Waals surface area contributed by atoms with Crippen LogP contribution in [-0.4, -0.2) is 20.7 Å². The molecule has 5 heteroatoms. The van der Waals surface area contributed by atoms with Crippen LogP contribution in [-0.2, 0) is 6.42 Å². The average molecular weight is 421 g/mol. The summed E-state index contributed by atoms with van der Waals surface area (Å²) in [5, 5.41) is 14.9. The van der Waals surface area contributed by atoms with E-state index in [-0.39, 0.29) is 0 Å². The van der Waals surface area contributed by atoms with Crippen molar-refractivity contribution in [1.29, 1.82) is 0 Å². The first-order chi connectivity index (χ1) is 14.2. The first-order valence-corrected chi connectivity index (χ1v) is 10.8. The number of ether oxygens (including phenoxy) is 1. The van der Waals surface area contributed by atoms with Crippen LogP contribution < -0.4 is 10.1 Å². The molecule has 1 unspecified atom stereocenters. The second kappa shape index (κ2) is 7.55. The fourth-order valence-electron chi connectivity index (χ4n) is 4.36. The maximum Gasteiger partial charge on any atom is 0.131 e. The summed E-state index contributed by atoms with van der Waals surface area (Å²) >= 11 is 5.69. The van der Waals surface area contributed by atoms with E-state index in [1.807, 2.05) is 45.0 Å². The predicted octanol–water partition coefficient (Wildman–Crippen LogP) is 6.09. The molecule has 2 heterocycles. The van der Waals surface area contributed by atoms with Crippen molar-refractivity contribution in [3.8, 4) is 11.5 Å². The molecule has 156 valence electrons. The van der Waals surface area contributed by atoms with Gasteiger partial charge in [0.25, 0.3) is 0 Å². The van der Waals surface area contributed by atoms with Crippen molar-refractivity contribution >= 4 is 33.9 Å². The predicted molar refractivity (Wildman–Crippen MR) is 127 cm³/mol. The minimum absolute atomic E-state index is 0.383. The highest BCUT2D eigenvalue weighted by Gasteiger charge is 2.35. The smallest absolute Gasteiger partial charge is 0.131 e. The summed E-state index contributed by atoms with van der Waals surface area (Å²) in [5.41, 5.74) is 5.64. The average Bonchev–Trinajstić information content (AvgIpc) is 2.70. The molecule has 0 saturated carbocycles. The van der Waals surface area contributed by atoms with Gasteiger partial charge < -0.3 is 15.2 Å². The van der Waals surface area contributed by atoms with Crippen molar-refractivity contribution in [1.82, 2.24) is 4.98 Å². The number of nitrogens with zero attached hydrogens (tertiary/aromatic N) is 1. The Balaban J connectivity index is 1.54. The van der Waals surface area contributed by atoms with Crippen LogP contribution in [0.15, 0.2) is 30.3 Å². The molecule has 2 aromatic carbocycles. The Labute approximate surface area is 183 Å². The molecule has 3 aromatic rings. The van der Waals surface area contributed by atoms with Gasteiger partial charge in [-0.2, -0.15) is 0 Å². The van der Waals surface area contributed by atoms with Crippen LogP contribution >= 0.6 is 12.2 Å². The summed E-state index contributed by atoms with van der Waals surface area (Å²) in [6.07, 6.45) is 2.31. The zero-order valence-electron chi connectivity index (χ0n) is 18.2. The minimum atomic E-state index is -0.399. The lowest BCUT2D eigenvalue weighted by atomic mass is 9.85. The molecule has 0 bridgehead atoms. The van der Waals surface area contributed by atoms with Crippen LogP contribution in [0.1, 0.15) is 47.6 Å². The standard InChI is InChI=1S/C25H28N2O2S/c1-14-12-21(26-20-9-7-6-8-18(14)20)27-22(30)13-25(5)11-10-19-17(4)23(28)15(2)16(3)24(19)29-25/h6-9,12,28H,10-11,13H2,1-5H3,(H,26,27,30). The summed E-state index contributed by atoms with van der Waals surface area (Å²) in [5.74, 6) is 2.05. The summed E-state index contributed by atoms with van der Waals surface area (Å²) in [7, 11) is 0. The van der Waals surface area contributed by atoms with Gasteiger partial charge in [-0.05, 0) is 81.8 Å². The van der Waals surface area contributed by atoms with Gasteiger partial charge in [0.15, 0.2) is 0 Å². The zero-order valence-corrected chi connectivity index (χ0v) is 19.0. The molecule has 1 atom stereocenters. The quantitative estimate of drug-likeness (QED) is 0.502. The molecule has 0 aliphatic carbocycles. The highest BCUT2D eigenvalue weighted by atomic mass is 32.1. The van der Waals surface area contributed by atoms with Crippen LogP contribution in [0.4, 0.5) is 5.82 Å². The Morgan fingerprint density at radius 1 is 1.17 bits per heavy atom. The van der Waals surface area contributed by atoms with E-state index in [1.165, 1.54) is 5.56 Å². The Kier molecular flexibility index (Phi) is 5.18. The molecule has 4 rings (SSSR count). The number of phenolic OH excluding ortho intramolecular Hbond substituents is 1. The monoisotopic (exact) mass is 420 g/mol. The molecule has 0 radical (unpaired) electrons. The largest absolute Gasteiger partial charge is 0.507 e. The second-order valence-electron chi connectivity index (χ2n) is 8.65. The minimum Gasteiger partial charge on any atom is -0.507 e. The Morgan fingerprint density at radius 3 is 2.67 bits per heavy atom. The number of aryl methyl sites for hydroxylation is 1. The highest BCUT2D eigenvalue weighted by Crippen LogP contribution is 2.44. The molecular formula is C25H28N2O2S. The number of hydrogen-bond donors (Lipinski definition) is 2. The third-order valence-electron chi connectivity index (χ3n) is 6.32. The lowest BCUT2D eigenvalue weighted by Gasteiger charge is -2.38. The van der Waals surface area contributed by atoms with E-state index in [0.29, 0.717) is 17.2 Å². The number of para-hydroxylation sites is 1. The topological polar surface area (TPSA) is 54.4 Å². The third kappa shape index (κ3) is 3.63. The SMILES string of the molecule is Cc1c(C)c2c(c(C)c1O)CCC(C)(CC(=S)Nc1cc(C)c3ccccc3n1)O2. The fourth-order valence-corrected chi connectivity index (χ4v) is 4.77. The Morgan fingerprint density at radius 2 is 1.90 bits per heavy atom. The Hall–Kier alpha value is -2.66. The van der Waals surface area contributed by atoms with Crippen molar-refractivity contribution in [2.24, 2.45) is 0 Å². The highest BCUT2D eigenvalue weighted by molar-refractivity contribution is 7.80. The number of fused-ring (bicyclic) bond motifs is 2. The fraction of sp³-hybridized carbons (Fsp3) is 0.360. The molecule has 0 saturated heterocycles. The third-order valence-corrected chi connectivity index (χ3v) is 6.56. The number of aromatic hydroxyl groups is 1. The number of rotatable bonds is 3. The van der Waals surface area contributed by atoms with Crippen LogP contribution in [0.5, 0.6) is 11.5 Å². The zero-order chi connectivity index (χ0) is 21.6. The van der Waals surface area contributed by atoms with Gasteiger partial charge in [-0.3, -0.25) is 0 Å². The van der Waals surface area contributed by atoms with Crippen LogP contribution in [0.2, 0.25) is 0 Å². The molecule has 1 aromatic heterocycles. The summed E-state index contributed by atoms with van der Waals surface area (Å²) in [6, 6.07) is 10.2. The molecule has 1 aliphatic rings. The van der Waals surface area contributed by atoms with Crippen molar-refractivity contribution in [2.45, 2.75) is 59.5 Å². The number of benzene rings is 2. The van der Waals surface area contributed by atoms with Crippen LogP contribution in [0.25, 0.3) is 10.9 Å². The van der Waals surface area contributed by atoms with Gasteiger partial charge in [-0.15, -0.1) is 0 Å². The maximum absolute atomic E-state index is 10.4. The van der Waals surface area contributed by atoms with E-state index in [9.17, 15) is 5.11 Å². The van der Waals surface area contributed by atoms with E-state index < -0.39 is 5.60 Å². The van der Waals surface area contributed by atoms with Crippen LogP contribution in [0.3, 0.4) is 0 Å². The van der Waals surface area contributed by atoms with Crippen LogP contribution in [0, 0.1) is 27.7 Å². The van der Waals surface area contributed by atoms with Gasteiger partial charge >= 0.3 is 0 Å². The van der Waals surface area contributed by atoms with E-state index in [2.05, 4.69) is 25.2 Å². The number of thiocarbonyl (C=S) groups is 1. The molecule has 30 heavy (non-hydrogen) atoms. The molecule has 0 amide bonds. The van der Waals surface area contributed by atoms with E-state index in [1.54, 1.807) is 0 Å². The van der Waals surface area contributed by atoms with Gasteiger partial charge in [-0.1, -0.05) is 30.4 Å². The summed E-state index contributed by atoms with van der Waals surface area (Å²) in [4.78, 5) is 5.42. The van der Waals surface area contributed by atoms with E-state index in [0.717, 1.165) is 57.6 Å². The molecule has 0 fully saturated rings. The van der Waals surface area contributed by atoms with E-state index >= 15 is 0 Å². The van der Waals surface area contributed by atoms with Crippen molar-refractivity contribution in [3.05, 3.63) is 58.1 Å². The van der Waals surface area contributed by atoms with Crippen molar-refractivity contribution < 1.29 is 9.84 Å². The second-order valence-corrected chi connectivity index (χ2v) is 9.14. The lowest BCUT2D eigenvalue weighted by Crippen LogP contribution is -2.40. The molecule has 1 aliphatic heterocycles. The molecule has 0 spiro atoms. The molecule has 4 nitrogen and oxygen atoms in total. The number of hydrogen-bond acceptors (Lipinski definition) is 4. The first kappa shape index (κ1) is 20.6. The lowest BCUT2D eigenvalue weighted by molar-refractivity contribution is 0.0716. The van der Waals surface area contributed by atoms with Gasteiger partial charge in [0, 0.05) is 17.4 Å². The van der Waals surface area contributed by atoms with Gasteiger partial charge in [0.05, 0.1) is 10.5 Å². The van der Waals surface area contributed by atoms with Gasteiger partial charge in [0.2, 0.25) is 0 Å². The van der Waals surface area contributed by atoms with Crippen molar-refractivity contribution in [2.75, 3.05) is 5.32 Å². The van der Waals surface area contributed by atoms with Crippen molar-refractivity contribution in [3.63, 3.8) is 0 Å². The number of anilines is 1. The van der Waals surface area contributed by atoms with E-state index in [4.69, 9.17) is 21.9 Å². The molecular weight excluding hydrogens is 392 g/mol. The number of nitrogens with one attached hydrogen (secondary N) is 1. The van der Waals surface area contributed by atoms with Gasteiger partial charge in [0.1, 0.15) is 22.9 Å². The maximum atomic E-state index is 10.4. The first-order valence-electron chi connectivity index (χ1n) is 10.4. The van der Waals surface area contributed by atoms with Gasteiger partial charge in [-0.25, -0.2) is 4.98 Å². The number of phenols is 1. The number of pyridine rings is 1. The molecule has 2 N–H and O–H groups in total. The normalized spacial score (nSPS) is 18.0. The number of aromatic nitrogens is 1.